The molecule has 0 heterocycles. The van der Waals surface area contributed by atoms with E-state index in [1.54, 1.807) is 14.2 Å². The van der Waals surface area contributed by atoms with Gasteiger partial charge in [-0.3, -0.25) is 0 Å². The van der Waals surface area contributed by atoms with Crippen LogP contribution in [0.25, 0.3) is 0 Å². The first-order valence-electron chi connectivity index (χ1n) is 4.61. The van der Waals surface area contributed by atoms with Crippen molar-refractivity contribution in [2.75, 3.05) is 19.5 Å². The Hall–Kier alpha value is -0.740. The van der Waals surface area contributed by atoms with E-state index in [2.05, 4.69) is 15.9 Å². The summed E-state index contributed by atoms with van der Waals surface area (Å²) in [6.45, 7) is 1.90. The lowest BCUT2D eigenvalue weighted by Gasteiger charge is -2.16. The zero-order chi connectivity index (χ0) is 11.4. The Kier molecular flexibility index (Phi) is 4.42. The van der Waals surface area contributed by atoms with E-state index in [0.717, 1.165) is 16.9 Å². The highest BCUT2D eigenvalue weighted by Crippen LogP contribution is 2.35. The lowest BCUT2D eigenvalue weighted by Crippen LogP contribution is -2.04. The number of ether oxygens (including phenoxy) is 2. The summed E-state index contributed by atoms with van der Waals surface area (Å²) < 4.78 is 10.5. The van der Waals surface area contributed by atoms with Crippen LogP contribution in [0, 0.1) is 6.92 Å². The van der Waals surface area contributed by atoms with Gasteiger partial charge in [0.1, 0.15) is 11.5 Å². The Labute approximate surface area is 98.1 Å². The van der Waals surface area contributed by atoms with E-state index in [0.29, 0.717) is 11.1 Å². The van der Waals surface area contributed by atoms with Gasteiger partial charge in [-0.15, -0.1) is 0 Å². The van der Waals surface area contributed by atoms with Gasteiger partial charge in [-0.2, -0.15) is 0 Å². The summed E-state index contributed by atoms with van der Waals surface area (Å²) in [5.74, 6) is 1.44. The molecule has 0 radical (unpaired) electrons. The summed E-state index contributed by atoms with van der Waals surface area (Å²) in [6.07, 6.45) is -0.565. The van der Waals surface area contributed by atoms with Crippen LogP contribution in [-0.2, 0) is 0 Å². The van der Waals surface area contributed by atoms with Crippen LogP contribution in [-0.4, -0.2) is 24.7 Å². The summed E-state index contributed by atoms with van der Waals surface area (Å²) in [4.78, 5) is 0. The topological polar surface area (TPSA) is 38.7 Å². The van der Waals surface area contributed by atoms with Crippen LogP contribution in [0.5, 0.6) is 11.5 Å². The maximum atomic E-state index is 9.76. The fraction of sp³-hybridized carbons (Fsp3) is 0.455. The number of aliphatic hydroxyl groups is 1. The van der Waals surface area contributed by atoms with E-state index in [4.69, 9.17) is 9.47 Å². The van der Waals surface area contributed by atoms with Gasteiger partial charge in [-0.25, -0.2) is 0 Å². The maximum absolute atomic E-state index is 9.76. The van der Waals surface area contributed by atoms with Crippen molar-refractivity contribution in [2.24, 2.45) is 0 Å². The second kappa shape index (κ2) is 5.37. The lowest BCUT2D eigenvalue weighted by molar-refractivity contribution is 0.200. The number of halogens is 1. The van der Waals surface area contributed by atoms with Crippen LogP contribution >= 0.6 is 15.9 Å². The van der Waals surface area contributed by atoms with Gasteiger partial charge in [0.15, 0.2) is 0 Å². The van der Waals surface area contributed by atoms with Gasteiger partial charge in [0.05, 0.1) is 20.3 Å². The molecule has 0 saturated heterocycles. The average Bonchev–Trinajstić information content (AvgIpc) is 2.27. The molecule has 1 aromatic rings. The van der Waals surface area contributed by atoms with Gasteiger partial charge in [-0.05, 0) is 19.1 Å². The van der Waals surface area contributed by atoms with Crippen LogP contribution < -0.4 is 9.47 Å². The van der Waals surface area contributed by atoms with Crippen molar-refractivity contribution in [3.05, 3.63) is 23.3 Å². The van der Waals surface area contributed by atoms with Crippen LogP contribution in [0.1, 0.15) is 17.2 Å². The van der Waals surface area contributed by atoms with Crippen molar-refractivity contribution in [1.82, 2.24) is 0 Å². The Balaban J connectivity index is 3.24. The molecule has 3 nitrogen and oxygen atoms in total. The highest BCUT2D eigenvalue weighted by atomic mass is 79.9. The van der Waals surface area contributed by atoms with Gasteiger partial charge in [0.2, 0.25) is 0 Å². The summed E-state index contributed by atoms with van der Waals surface area (Å²) in [5.41, 5.74) is 1.67. The minimum absolute atomic E-state index is 0.481. The first kappa shape index (κ1) is 12.3. The molecule has 0 aliphatic heterocycles. The van der Waals surface area contributed by atoms with Gasteiger partial charge in [0.25, 0.3) is 0 Å². The fourth-order valence-corrected chi connectivity index (χ4v) is 1.88. The third kappa shape index (κ3) is 2.44. The Morgan fingerprint density at radius 2 is 2.00 bits per heavy atom. The molecule has 0 fully saturated rings. The molecular formula is C11H15BrO3. The van der Waals surface area contributed by atoms with E-state index in [1.165, 1.54) is 0 Å². The zero-order valence-corrected chi connectivity index (χ0v) is 10.7. The first-order valence-corrected chi connectivity index (χ1v) is 5.73. The molecule has 84 valence electrons. The molecule has 1 N–H and O–H groups in total. The highest BCUT2D eigenvalue weighted by molar-refractivity contribution is 9.09. The van der Waals surface area contributed by atoms with Gasteiger partial charge in [-0.1, -0.05) is 15.9 Å². The standard InChI is InChI=1S/C11H15BrO3/c1-7-10(14-2)5-4-8(9(13)6-12)11(7)15-3/h4-5,9,13H,6H2,1-3H3. The third-order valence-corrected chi connectivity index (χ3v) is 2.93. The molecule has 1 rings (SSSR count). The number of aliphatic hydroxyl groups excluding tert-OH is 1. The zero-order valence-electron chi connectivity index (χ0n) is 9.08. The van der Waals surface area contributed by atoms with Crippen molar-refractivity contribution in [1.29, 1.82) is 0 Å². The van der Waals surface area contributed by atoms with Gasteiger partial charge < -0.3 is 14.6 Å². The number of hydrogen-bond donors (Lipinski definition) is 1. The van der Waals surface area contributed by atoms with E-state index in [-0.39, 0.29) is 0 Å². The molecule has 1 unspecified atom stereocenters. The maximum Gasteiger partial charge on any atom is 0.131 e. The minimum Gasteiger partial charge on any atom is -0.496 e. The molecule has 4 heteroatoms. The van der Waals surface area contributed by atoms with Crippen molar-refractivity contribution >= 4 is 15.9 Å². The second-order valence-corrected chi connectivity index (χ2v) is 3.83. The predicted molar refractivity (Wildman–Crippen MR) is 63.0 cm³/mol. The first-order chi connectivity index (χ1) is 7.15. The molecule has 1 aromatic carbocycles. The predicted octanol–water partition coefficient (Wildman–Crippen LogP) is 2.44. The summed E-state index contributed by atoms with van der Waals surface area (Å²) in [6, 6.07) is 3.65. The fourth-order valence-electron chi connectivity index (χ4n) is 1.53. The number of benzene rings is 1. The largest absolute Gasteiger partial charge is 0.496 e. The van der Waals surface area contributed by atoms with Crippen molar-refractivity contribution in [3.63, 3.8) is 0 Å². The number of rotatable bonds is 4. The Bertz CT molecular complexity index is 339. The quantitative estimate of drug-likeness (QED) is 0.858. The van der Waals surface area contributed by atoms with Gasteiger partial charge in [0, 0.05) is 16.5 Å². The van der Waals surface area contributed by atoms with Gasteiger partial charge >= 0.3 is 0 Å². The number of hydrogen-bond acceptors (Lipinski definition) is 3. The van der Waals surface area contributed by atoms with E-state index < -0.39 is 6.10 Å². The molecule has 1 atom stereocenters. The molecular weight excluding hydrogens is 260 g/mol. The molecule has 0 spiro atoms. The third-order valence-electron chi connectivity index (χ3n) is 2.32. The Morgan fingerprint density at radius 1 is 1.33 bits per heavy atom. The molecule has 0 amide bonds. The molecule has 0 saturated carbocycles. The van der Waals surface area contributed by atoms with Crippen molar-refractivity contribution < 1.29 is 14.6 Å². The lowest BCUT2D eigenvalue weighted by atomic mass is 10.0. The van der Waals surface area contributed by atoms with Crippen LogP contribution in [0.4, 0.5) is 0 Å². The molecule has 0 bridgehead atoms. The number of alkyl halides is 1. The minimum atomic E-state index is -0.565. The summed E-state index contributed by atoms with van der Waals surface area (Å²) in [5, 5.41) is 10.2. The highest BCUT2D eigenvalue weighted by Gasteiger charge is 2.16. The summed E-state index contributed by atoms with van der Waals surface area (Å²) >= 11 is 3.24. The van der Waals surface area contributed by atoms with Crippen LogP contribution in [0.3, 0.4) is 0 Å². The molecule has 0 aliphatic carbocycles. The van der Waals surface area contributed by atoms with Crippen molar-refractivity contribution in [3.8, 4) is 11.5 Å². The average molecular weight is 275 g/mol. The number of methoxy groups -OCH3 is 2. The molecule has 15 heavy (non-hydrogen) atoms. The van der Waals surface area contributed by atoms with E-state index in [9.17, 15) is 5.11 Å². The SMILES string of the molecule is COc1ccc(C(O)CBr)c(OC)c1C. The normalized spacial score (nSPS) is 12.3. The molecule has 0 aromatic heterocycles. The summed E-state index contributed by atoms with van der Waals surface area (Å²) in [7, 11) is 3.20. The monoisotopic (exact) mass is 274 g/mol. The van der Waals surface area contributed by atoms with Crippen LogP contribution in [0.2, 0.25) is 0 Å². The Morgan fingerprint density at radius 3 is 2.47 bits per heavy atom. The second-order valence-electron chi connectivity index (χ2n) is 3.19. The van der Waals surface area contributed by atoms with E-state index >= 15 is 0 Å². The molecule has 0 aliphatic rings. The van der Waals surface area contributed by atoms with Crippen LogP contribution in [0.15, 0.2) is 12.1 Å². The smallest absolute Gasteiger partial charge is 0.131 e. The van der Waals surface area contributed by atoms with E-state index in [1.807, 2.05) is 19.1 Å². The van der Waals surface area contributed by atoms with Crippen molar-refractivity contribution in [2.45, 2.75) is 13.0 Å².